The quantitative estimate of drug-likeness (QED) is 0.569. The fourth-order valence-electron chi connectivity index (χ4n) is 4.12. The van der Waals surface area contributed by atoms with Gasteiger partial charge in [-0.25, -0.2) is 9.59 Å². The van der Waals surface area contributed by atoms with E-state index in [-0.39, 0.29) is 18.9 Å². The molecule has 0 aliphatic heterocycles. The molecule has 3 aromatic rings. The highest BCUT2D eigenvalue weighted by molar-refractivity contribution is 5.84. The van der Waals surface area contributed by atoms with Gasteiger partial charge in [0.25, 0.3) is 0 Å². The highest BCUT2D eigenvalue weighted by Gasteiger charge is 2.36. The fourth-order valence-corrected chi connectivity index (χ4v) is 4.12. The molecule has 0 spiro atoms. The summed E-state index contributed by atoms with van der Waals surface area (Å²) in [5.41, 5.74) is 4.11. The topological polar surface area (TPSA) is 75.6 Å². The third-order valence-corrected chi connectivity index (χ3v) is 5.95. The summed E-state index contributed by atoms with van der Waals surface area (Å²) in [5.74, 6) is -1.16. The Morgan fingerprint density at radius 2 is 1.45 bits per heavy atom. The Labute approximate surface area is 181 Å². The van der Waals surface area contributed by atoms with Crippen LogP contribution in [0.5, 0.6) is 0 Å². The van der Waals surface area contributed by atoms with E-state index in [0.717, 1.165) is 27.8 Å². The van der Waals surface area contributed by atoms with Crippen molar-refractivity contribution in [2.75, 3.05) is 6.61 Å². The second-order valence-electron chi connectivity index (χ2n) is 8.07. The third-order valence-electron chi connectivity index (χ3n) is 5.95. The number of hydrogen-bond donors (Lipinski definition) is 2. The van der Waals surface area contributed by atoms with Crippen LogP contribution in [-0.2, 0) is 16.0 Å². The first kappa shape index (κ1) is 20.7. The molecule has 5 nitrogen and oxygen atoms in total. The minimum Gasteiger partial charge on any atom is -0.480 e. The van der Waals surface area contributed by atoms with E-state index >= 15 is 0 Å². The van der Waals surface area contributed by atoms with Gasteiger partial charge in [0.05, 0.1) is 0 Å². The molecule has 0 aromatic heterocycles. The Balaban J connectivity index is 1.43. The molecule has 1 aliphatic rings. The molecule has 158 valence electrons. The zero-order valence-corrected chi connectivity index (χ0v) is 17.4. The molecule has 1 unspecified atom stereocenters. The summed E-state index contributed by atoms with van der Waals surface area (Å²) in [6.45, 7) is 1.66. The molecule has 0 fully saturated rings. The van der Waals surface area contributed by atoms with Crippen molar-refractivity contribution < 1.29 is 19.4 Å². The Morgan fingerprint density at radius 3 is 2.03 bits per heavy atom. The normalized spacial score (nSPS) is 14.2. The van der Waals surface area contributed by atoms with Gasteiger partial charge in [-0.2, -0.15) is 0 Å². The van der Waals surface area contributed by atoms with Crippen LogP contribution < -0.4 is 5.32 Å². The molecule has 0 heterocycles. The van der Waals surface area contributed by atoms with Gasteiger partial charge in [0.1, 0.15) is 12.1 Å². The van der Waals surface area contributed by atoms with Crippen LogP contribution in [0.15, 0.2) is 78.9 Å². The van der Waals surface area contributed by atoms with Crippen molar-refractivity contribution in [3.8, 4) is 11.1 Å². The minimum absolute atomic E-state index is 0.0708. The van der Waals surface area contributed by atoms with Gasteiger partial charge in [-0.1, -0.05) is 78.9 Å². The van der Waals surface area contributed by atoms with Gasteiger partial charge in [0.15, 0.2) is 0 Å². The van der Waals surface area contributed by atoms with Crippen molar-refractivity contribution >= 4 is 12.1 Å². The lowest BCUT2D eigenvalue weighted by Crippen LogP contribution is -2.52. The lowest BCUT2D eigenvalue weighted by Gasteiger charge is -2.26. The van der Waals surface area contributed by atoms with Crippen LogP contribution in [-0.4, -0.2) is 29.3 Å². The van der Waals surface area contributed by atoms with Crippen LogP contribution in [0.4, 0.5) is 4.79 Å². The molecule has 1 atom stereocenters. The van der Waals surface area contributed by atoms with Crippen LogP contribution in [0.3, 0.4) is 0 Å². The summed E-state index contributed by atoms with van der Waals surface area (Å²) < 4.78 is 5.52. The number of carboxylic acid groups (broad SMARTS) is 1. The maximum absolute atomic E-state index is 12.6. The summed E-state index contributed by atoms with van der Waals surface area (Å²) >= 11 is 0. The molecular formula is C26H25NO4. The molecule has 31 heavy (non-hydrogen) atoms. The number of rotatable bonds is 7. The van der Waals surface area contributed by atoms with Crippen LogP contribution in [0.1, 0.15) is 36.0 Å². The number of fused-ring (bicyclic) bond motifs is 3. The largest absolute Gasteiger partial charge is 0.480 e. The van der Waals surface area contributed by atoms with Crippen molar-refractivity contribution in [3.63, 3.8) is 0 Å². The molecule has 5 heteroatoms. The maximum Gasteiger partial charge on any atom is 0.408 e. The number of nitrogens with one attached hydrogen (secondary N) is 1. The molecule has 0 saturated carbocycles. The molecule has 1 aliphatic carbocycles. The Morgan fingerprint density at radius 1 is 0.903 bits per heavy atom. The zero-order valence-electron chi connectivity index (χ0n) is 17.4. The molecule has 1 amide bonds. The molecule has 4 rings (SSSR count). The molecule has 3 aromatic carbocycles. The van der Waals surface area contributed by atoms with Crippen LogP contribution in [0, 0.1) is 0 Å². The van der Waals surface area contributed by atoms with E-state index in [4.69, 9.17) is 4.74 Å². The monoisotopic (exact) mass is 415 g/mol. The number of carbonyl (C=O) groups is 2. The first-order valence-electron chi connectivity index (χ1n) is 10.4. The summed E-state index contributed by atoms with van der Waals surface area (Å²) in [6, 6.07) is 25.8. The highest BCUT2D eigenvalue weighted by atomic mass is 16.5. The van der Waals surface area contributed by atoms with Crippen molar-refractivity contribution in [2.24, 2.45) is 0 Å². The number of carboxylic acids is 1. The first-order chi connectivity index (χ1) is 15.0. The van der Waals surface area contributed by atoms with Gasteiger partial charge in [0.2, 0.25) is 0 Å². The highest BCUT2D eigenvalue weighted by Crippen LogP contribution is 2.44. The predicted molar refractivity (Wildman–Crippen MR) is 119 cm³/mol. The van der Waals surface area contributed by atoms with Gasteiger partial charge in [0, 0.05) is 5.92 Å². The second-order valence-corrected chi connectivity index (χ2v) is 8.07. The zero-order chi connectivity index (χ0) is 21.8. The standard InChI is InChI=1S/C26H25NO4/c1-26(24(28)29,16-15-18-9-3-2-4-10-18)27-25(30)31-17-23-21-13-7-5-11-19(21)20-12-6-8-14-22(20)23/h2-14,23H,15-17H2,1H3,(H,27,30)(H,28,29). The summed E-state index contributed by atoms with van der Waals surface area (Å²) in [4.78, 5) is 24.5. The van der Waals surface area contributed by atoms with Crippen molar-refractivity contribution in [2.45, 2.75) is 31.2 Å². The average Bonchev–Trinajstić information content (AvgIpc) is 3.11. The summed E-state index contributed by atoms with van der Waals surface area (Å²) in [7, 11) is 0. The summed E-state index contributed by atoms with van der Waals surface area (Å²) in [5, 5.41) is 12.3. The van der Waals surface area contributed by atoms with Crippen LogP contribution in [0.2, 0.25) is 0 Å². The number of ether oxygens (including phenoxy) is 1. The van der Waals surface area contributed by atoms with E-state index in [1.54, 1.807) is 0 Å². The smallest absolute Gasteiger partial charge is 0.408 e. The summed E-state index contributed by atoms with van der Waals surface area (Å²) in [6.07, 6.45) is 0.0731. The van der Waals surface area contributed by atoms with Crippen molar-refractivity contribution in [3.05, 3.63) is 95.6 Å². The second kappa shape index (κ2) is 8.64. The lowest BCUT2D eigenvalue weighted by molar-refractivity contribution is -0.144. The van der Waals surface area contributed by atoms with Gasteiger partial charge < -0.3 is 15.2 Å². The molecule has 2 N–H and O–H groups in total. The van der Waals surface area contributed by atoms with Crippen molar-refractivity contribution in [1.82, 2.24) is 5.32 Å². The molecule has 0 radical (unpaired) electrons. The number of aryl methyl sites for hydroxylation is 1. The number of hydrogen-bond acceptors (Lipinski definition) is 3. The molecule has 0 bridgehead atoms. The van der Waals surface area contributed by atoms with Crippen molar-refractivity contribution in [1.29, 1.82) is 0 Å². The van der Waals surface area contributed by atoms with E-state index in [2.05, 4.69) is 17.4 Å². The van der Waals surface area contributed by atoms with E-state index in [9.17, 15) is 14.7 Å². The van der Waals surface area contributed by atoms with Crippen LogP contribution >= 0.6 is 0 Å². The number of carbonyl (C=O) groups excluding carboxylic acids is 1. The van der Waals surface area contributed by atoms with Crippen LogP contribution in [0.25, 0.3) is 11.1 Å². The number of amides is 1. The molecule has 0 saturated heterocycles. The molecular weight excluding hydrogens is 390 g/mol. The SMILES string of the molecule is CC(CCc1ccccc1)(NC(=O)OCC1c2ccccc2-c2ccccc21)C(=O)O. The predicted octanol–water partition coefficient (Wildman–Crippen LogP) is 5.00. The number of benzene rings is 3. The Hall–Kier alpha value is -3.60. The van der Waals surface area contributed by atoms with E-state index < -0.39 is 17.6 Å². The van der Waals surface area contributed by atoms with Gasteiger partial charge >= 0.3 is 12.1 Å². The van der Waals surface area contributed by atoms with E-state index in [0.29, 0.717) is 6.42 Å². The lowest BCUT2D eigenvalue weighted by atomic mass is 9.93. The first-order valence-corrected chi connectivity index (χ1v) is 10.4. The van der Waals surface area contributed by atoms with E-state index in [1.807, 2.05) is 66.7 Å². The van der Waals surface area contributed by atoms with Gasteiger partial charge in [-0.05, 0) is 47.6 Å². The Bertz CT molecular complexity index is 1050. The Kier molecular flexibility index (Phi) is 5.76. The number of aliphatic carboxylic acids is 1. The number of alkyl carbamates (subject to hydrolysis) is 1. The third kappa shape index (κ3) is 4.31. The average molecular weight is 415 g/mol. The van der Waals surface area contributed by atoms with Gasteiger partial charge in [-0.15, -0.1) is 0 Å². The minimum atomic E-state index is -1.42. The van der Waals surface area contributed by atoms with Gasteiger partial charge in [-0.3, -0.25) is 0 Å². The maximum atomic E-state index is 12.6. The fraction of sp³-hybridized carbons (Fsp3) is 0.231. The van der Waals surface area contributed by atoms with E-state index in [1.165, 1.54) is 6.92 Å².